The summed E-state index contributed by atoms with van der Waals surface area (Å²) < 4.78 is 83.3. The van der Waals surface area contributed by atoms with E-state index in [9.17, 15) is 51.6 Å². The number of urea groups is 1. The highest BCUT2D eigenvalue weighted by atomic mass is 35.5. The quantitative estimate of drug-likeness (QED) is 0.0175. The number of aliphatic hydroxyl groups is 5. The smallest absolute Gasteiger partial charge is 0.315 e. The van der Waals surface area contributed by atoms with E-state index in [0.717, 1.165) is 96.2 Å². The molecule has 542 valence electrons. The van der Waals surface area contributed by atoms with Crippen molar-refractivity contribution in [2.75, 3.05) is 39.3 Å². The van der Waals surface area contributed by atoms with E-state index in [0.29, 0.717) is 59.8 Å². The Morgan fingerprint density at radius 2 is 1.04 bits per heavy atom. The van der Waals surface area contributed by atoms with E-state index in [-0.39, 0.29) is 67.2 Å². The lowest BCUT2D eigenvalue weighted by Gasteiger charge is -2.26. The van der Waals surface area contributed by atoms with Gasteiger partial charge in [0, 0.05) is 89.8 Å². The van der Waals surface area contributed by atoms with Crippen molar-refractivity contribution in [2.24, 2.45) is 5.73 Å². The minimum absolute atomic E-state index is 0.00722. The van der Waals surface area contributed by atoms with Crippen LogP contribution in [-0.4, -0.2) is 158 Å². The summed E-state index contributed by atoms with van der Waals surface area (Å²) in [6.07, 6.45) is 10.4. The summed E-state index contributed by atoms with van der Waals surface area (Å²) in [6, 6.07) is 26.5. The molecular formula is C71H91Cl2N9O16S2. The number of para-hydroxylation sites is 2. The van der Waals surface area contributed by atoms with Gasteiger partial charge in [-0.3, -0.25) is 19.6 Å². The van der Waals surface area contributed by atoms with Gasteiger partial charge in [0.2, 0.25) is 31.9 Å². The molecule has 0 unspecified atom stereocenters. The number of amides is 4. The van der Waals surface area contributed by atoms with Crippen LogP contribution >= 0.6 is 23.2 Å². The minimum Gasteiger partial charge on any atom is -0.490 e. The number of unbranched alkanes of at least 4 members (excludes halogenated alkanes) is 2. The van der Waals surface area contributed by atoms with Gasteiger partial charge in [0.15, 0.2) is 0 Å². The first kappa shape index (κ1) is 77.2. The molecule has 0 saturated heterocycles. The van der Waals surface area contributed by atoms with Crippen LogP contribution in [0.3, 0.4) is 0 Å². The molecule has 4 fully saturated rings. The molecule has 29 heteroatoms. The maximum Gasteiger partial charge on any atom is 0.315 e. The highest BCUT2D eigenvalue weighted by Gasteiger charge is 2.49. The zero-order valence-electron chi connectivity index (χ0n) is 56.0. The fraction of sp³-hybridized carbons (Fsp3) is 0.479. The third kappa shape index (κ3) is 21.3. The van der Waals surface area contributed by atoms with Crippen molar-refractivity contribution in [2.45, 2.75) is 187 Å². The normalized spacial score (nSPS) is 17.0. The molecule has 4 saturated carbocycles. The van der Waals surface area contributed by atoms with Crippen molar-refractivity contribution in [1.82, 2.24) is 40.7 Å². The van der Waals surface area contributed by atoms with Crippen LogP contribution in [0.1, 0.15) is 126 Å². The lowest BCUT2D eigenvalue weighted by atomic mass is 9.96. The molecule has 2 heterocycles. The van der Waals surface area contributed by atoms with Crippen molar-refractivity contribution >= 4 is 61.1 Å². The Labute approximate surface area is 593 Å². The van der Waals surface area contributed by atoms with E-state index in [1.807, 2.05) is 73.9 Å². The number of likely N-dealkylation sites (N-methyl/N-ethyl adjacent to an activating group) is 2. The second-order valence-electron chi connectivity index (χ2n) is 25.4. The lowest BCUT2D eigenvalue weighted by Crippen LogP contribution is -2.53. The van der Waals surface area contributed by atoms with Crippen molar-refractivity contribution in [1.29, 1.82) is 0 Å². The van der Waals surface area contributed by atoms with E-state index < -0.39 is 92.8 Å². The molecule has 13 N–H and O–H groups in total. The average molecular weight is 1460 g/mol. The van der Waals surface area contributed by atoms with E-state index >= 15 is 0 Å². The molecule has 0 radical (unpaired) electrons. The molecule has 4 aliphatic carbocycles. The van der Waals surface area contributed by atoms with Gasteiger partial charge in [-0.25, -0.2) is 31.1 Å². The Balaban J connectivity index is 0.000000242. The first-order valence-corrected chi connectivity index (χ1v) is 37.7. The number of sulfonamides is 2. The summed E-state index contributed by atoms with van der Waals surface area (Å²) >= 11 is 13.0. The molecule has 4 amide bonds. The first-order valence-electron chi connectivity index (χ1n) is 33.9. The Morgan fingerprint density at radius 3 is 1.49 bits per heavy atom. The number of carbonyl (C=O) groups is 3. The van der Waals surface area contributed by atoms with Gasteiger partial charge in [-0.15, -0.1) is 0 Å². The van der Waals surface area contributed by atoms with Crippen LogP contribution in [0.2, 0.25) is 10.0 Å². The Hall–Kier alpha value is -6.93. The maximum absolute atomic E-state index is 13.3. The van der Waals surface area contributed by atoms with E-state index in [4.69, 9.17) is 53.0 Å². The fourth-order valence-corrected chi connectivity index (χ4v) is 13.8. The number of nitrogens with zero attached hydrogens (tertiary/aromatic N) is 2. The molecule has 10 rings (SSSR count). The van der Waals surface area contributed by atoms with Crippen LogP contribution in [0, 0.1) is 0 Å². The predicted octanol–water partition coefficient (Wildman–Crippen LogP) is 6.90. The van der Waals surface area contributed by atoms with Crippen molar-refractivity contribution in [3.05, 3.63) is 154 Å². The fourth-order valence-electron chi connectivity index (χ4n) is 11.2. The zero-order chi connectivity index (χ0) is 71.6. The van der Waals surface area contributed by atoms with Gasteiger partial charge >= 0.3 is 6.03 Å². The van der Waals surface area contributed by atoms with Gasteiger partial charge in [-0.05, 0) is 180 Å². The van der Waals surface area contributed by atoms with E-state index in [1.165, 1.54) is 24.3 Å². The Morgan fingerprint density at radius 1 is 0.590 bits per heavy atom. The minimum atomic E-state index is -3.96. The third-order valence-electron chi connectivity index (χ3n) is 17.6. The van der Waals surface area contributed by atoms with Crippen LogP contribution in [0.25, 0.3) is 22.3 Å². The maximum atomic E-state index is 13.3. The SMILES string of the molecule is CCNC(=O)[C@@H](N)CCCCNS(=O)(=O)c1ccc(Cl)c(COC2(c3cnccc3-c3ccccc3OC3CC3)CC2)c1.CCNC(=O)[C@H](CCCCNS(=O)(=O)c1ccc(Cl)c(COC2(c3cnccc3-c3ccccc3OC3CC3)CC2)c1)NC(=O)NC[C@H](O)[C@@H](O)[C@H](O)[C@H](O)CO. The molecule has 0 aliphatic heterocycles. The summed E-state index contributed by atoms with van der Waals surface area (Å²) in [4.78, 5) is 45.9. The molecule has 0 bridgehead atoms. The van der Waals surface area contributed by atoms with Gasteiger partial charge in [-0.1, -0.05) is 66.0 Å². The van der Waals surface area contributed by atoms with Gasteiger partial charge in [0.1, 0.15) is 35.9 Å². The number of rotatable bonds is 39. The molecular weight excluding hydrogens is 1370 g/mol. The number of hydrogen-bond acceptors (Lipinski definition) is 19. The molecule has 4 aromatic carbocycles. The zero-order valence-corrected chi connectivity index (χ0v) is 59.1. The number of nitrogens with two attached hydrogens (primary N) is 1. The van der Waals surface area contributed by atoms with Crippen molar-refractivity contribution in [3.63, 3.8) is 0 Å². The largest absolute Gasteiger partial charge is 0.490 e. The Kier molecular flexibility index (Phi) is 27.6. The Bertz CT molecular complexity index is 3980. The van der Waals surface area contributed by atoms with Crippen LogP contribution in [0.15, 0.2) is 132 Å². The number of nitrogens with one attached hydrogen (secondary N) is 6. The predicted molar refractivity (Wildman–Crippen MR) is 376 cm³/mol. The molecule has 2 aromatic heterocycles. The molecule has 25 nitrogen and oxygen atoms in total. The summed E-state index contributed by atoms with van der Waals surface area (Å²) in [6.45, 7) is 3.44. The number of hydrogen-bond donors (Lipinski definition) is 12. The van der Waals surface area contributed by atoms with E-state index in [2.05, 4.69) is 46.7 Å². The first-order chi connectivity index (χ1) is 48.0. The number of benzene rings is 4. The van der Waals surface area contributed by atoms with Crippen LogP contribution in [0.4, 0.5) is 4.79 Å². The highest BCUT2D eigenvalue weighted by molar-refractivity contribution is 7.89. The summed E-state index contributed by atoms with van der Waals surface area (Å²) in [5.74, 6) is 0.988. The number of aromatic nitrogens is 2. The van der Waals surface area contributed by atoms with Gasteiger partial charge < -0.3 is 71.5 Å². The molecule has 4 aliphatic rings. The number of carbonyl (C=O) groups excluding carboxylic acids is 3. The third-order valence-corrected chi connectivity index (χ3v) is 21.2. The van der Waals surface area contributed by atoms with Gasteiger partial charge in [0.25, 0.3) is 0 Å². The van der Waals surface area contributed by atoms with E-state index in [1.54, 1.807) is 31.5 Å². The molecule has 100 heavy (non-hydrogen) atoms. The summed E-state index contributed by atoms with van der Waals surface area (Å²) in [7, 11) is -7.73. The molecule has 0 spiro atoms. The number of halogens is 2. The van der Waals surface area contributed by atoms with Crippen molar-refractivity contribution in [3.8, 4) is 33.8 Å². The van der Waals surface area contributed by atoms with Crippen LogP contribution in [0.5, 0.6) is 11.5 Å². The number of pyridine rings is 2. The van der Waals surface area contributed by atoms with Gasteiger partial charge in [0.05, 0.1) is 65.2 Å². The monoisotopic (exact) mass is 1460 g/mol. The average Bonchev–Trinajstić information content (AvgIpc) is 1.60. The second-order valence-corrected chi connectivity index (χ2v) is 29.8. The standard InChI is InChI=1S/C39H52ClN5O11S.C32H39ClN4O5S/c1-2-42-37(51)31(45-38(52)43-21-32(47)35(49)36(50)33(48)22-46)8-5-6-17-44-57(53,54)26-12-13-30(40)24(19-26)23-55-39(15-16-39)29-20-41-18-14-27(29)28-7-3-4-9-34(28)56-25-10-11-25;1-2-36-31(38)29(34)8-5-6-17-37-43(39,40)24-12-13-28(33)22(19-24)21-41-32(15-16-32)27-20-35-18-14-25(27)26-7-3-4-9-30(26)42-23-10-11-23/h3-4,7,9,12-14,18-20,25,31-33,35-36,44,46-50H,2,5-6,8,10-11,15-17,21-23H2,1H3,(H,42,51)(H2,43,45,52);3-4,7,9,12-14,18-20,23,29,37H,2,5-6,8,10-11,15-17,21,34H2,1H3,(H,36,38)/t31-,32-,33+,35+,36+;29-/m00/s1. The van der Waals surface area contributed by atoms with Crippen LogP contribution in [-0.2, 0) is 63.5 Å². The van der Waals surface area contributed by atoms with Gasteiger partial charge in [-0.2, -0.15) is 0 Å². The second kappa shape index (κ2) is 35.8. The molecule has 6 atom stereocenters. The number of aliphatic hydroxyl groups excluding tert-OH is 5. The van der Waals surface area contributed by atoms with Crippen molar-refractivity contribution < 1.29 is 75.7 Å². The summed E-state index contributed by atoms with van der Waals surface area (Å²) in [5, 5.41) is 59.1. The van der Waals surface area contributed by atoms with Crippen LogP contribution < -0.4 is 45.9 Å². The lowest BCUT2D eigenvalue weighted by molar-refractivity contribution is -0.123. The summed E-state index contributed by atoms with van der Waals surface area (Å²) in [5.41, 5.74) is 11.7. The highest BCUT2D eigenvalue weighted by Crippen LogP contribution is 2.55. The number of ether oxygens (including phenoxy) is 4. The topological polar surface area (TPSA) is 382 Å². The molecule has 6 aromatic rings.